The van der Waals surface area contributed by atoms with Crippen LogP contribution in [-0.4, -0.2) is 38.4 Å². The molecule has 1 aliphatic rings. The monoisotopic (exact) mass is 304 g/mol. The molecule has 1 aromatic carbocycles. The fraction of sp³-hybridized carbons (Fsp3) is 0.529. The number of benzene rings is 1. The maximum atomic E-state index is 12.1. The molecule has 1 aliphatic heterocycles. The van der Waals surface area contributed by atoms with Crippen molar-refractivity contribution in [1.82, 2.24) is 10.6 Å². The molecule has 0 aliphatic carbocycles. The molecule has 0 bridgehead atoms. The van der Waals surface area contributed by atoms with Gasteiger partial charge in [0.2, 0.25) is 5.91 Å². The van der Waals surface area contributed by atoms with Crippen molar-refractivity contribution in [3.05, 3.63) is 29.3 Å². The van der Waals surface area contributed by atoms with Gasteiger partial charge in [-0.3, -0.25) is 9.59 Å². The van der Waals surface area contributed by atoms with Crippen molar-refractivity contribution in [3.63, 3.8) is 0 Å². The van der Waals surface area contributed by atoms with Crippen LogP contribution in [0.1, 0.15) is 35.7 Å². The van der Waals surface area contributed by atoms with Crippen LogP contribution in [0, 0.1) is 5.92 Å². The van der Waals surface area contributed by atoms with E-state index in [-0.39, 0.29) is 18.1 Å². The molecule has 1 atom stereocenters. The zero-order valence-electron chi connectivity index (χ0n) is 13.3. The molecule has 1 saturated heterocycles. The lowest BCUT2D eigenvalue weighted by Crippen LogP contribution is -2.38. The highest BCUT2D eigenvalue weighted by molar-refractivity contribution is 5.94. The third-order valence-electron chi connectivity index (χ3n) is 4.02. The second-order valence-corrected chi connectivity index (χ2v) is 5.78. The molecule has 1 aromatic rings. The third kappa shape index (κ3) is 4.56. The molecular weight excluding hydrogens is 280 g/mol. The predicted molar refractivity (Wildman–Crippen MR) is 85.3 cm³/mol. The van der Waals surface area contributed by atoms with Crippen LogP contribution in [0.5, 0.6) is 5.75 Å². The van der Waals surface area contributed by atoms with Gasteiger partial charge in [-0.1, -0.05) is 0 Å². The minimum atomic E-state index is -0.0374. The zero-order valence-corrected chi connectivity index (χ0v) is 13.3. The number of amides is 1. The van der Waals surface area contributed by atoms with Gasteiger partial charge in [0.05, 0.1) is 13.5 Å². The van der Waals surface area contributed by atoms with E-state index in [1.165, 1.54) is 6.92 Å². The number of nitrogens with one attached hydrogen (secondary N) is 2. The van der Waals surface area contributed by atoms with Gasteiger partial charge >= 0.3 is 0 Å². The number of piperidine rings is 1. The number of rotatable bonds is 6. The number of hydrogen-bond donors (Lipinski definition) is 2. The number of carbonyl (C=O) groups is 2. The van der Waals surface area contributed by atoms with Gasteiger partial charge in [-0.05, 0) is 57.0 Å². The second kappa shape index (κ2) is 7.94. The molecule has 0 saturated carbocycles. The van der Waals surface area contributed by atoms with E-state index in [0.717, 1.165) is 31.5 Å². The number of methoxy groups -OCH3 is 1. The van der Waals surface area contributed by atoms with Crippen molar-refractivity contribution in [3.8, 4) is 5.75 Å². The molecule has 1 heterocycles. The summed E-state index contributed by atoms with van der Waals surface area (Å²) in [5.74, 6) is 1.09. The van der Waals surface area contributed by atoms with Crippen molar-refractivity contribution in [2.45, 2.75) is 26.2 Å². The number of carbonyl (C=O) groups excluding carboxylic acids is 2. The number of Topliss-reactive ketones (excluding diaryl/α,β-unsaturated/α-hetero) is 1. The van der Waals surface area contributed by atoms with E-state index in [1.54, 1.807) is 25.3 Å². The molecule has 1 fully saturated rings. The van der Waals surface area contributed by atoms with Gasteiger partial charge in [0.15, 0.2) is 5.78 Å². The Bertz CT molecular complexity index is 537. The molecular formula is C17H24N2O3. The van der Waals surface area contributed by atoms with Crippen molar-refractivity contribution >= 4 is 11.7 Å². The van der Waals surface area contributed by atoms with E-state index >= 15 is 0 Å². The Balaban J connectivity index is 1.94. The van der Waals surface area contributed by atoms with E-state index in [1.807, 2.05) is 0 Å². The molecule has 2 rings (SSSR count). The van der Waals surface area contributed by atoms with E-state index in [0.29, 0.717) is 23.8 Å². The van der Waals surface area contributed by atoms with E-state index < -0.39 is 0 Å². The summed E-state index contributed by atoms with van der Waals surface area (Å²) in [6.07, 6.45) is 2.54. The molecule has 22 heavy (non-hydrogen) atoms. The smallest absolute Gasteiger partial charge is 0.224 e. The summed E-state index contributed by atoms with van der Waals surface area (Å²) in [6, 6.07) is 5.20. The fourth-order valence-corrected chi connectivity index (χ4v) is 2.73. The van der Waals surface area contributed by atoms with Crippen LogP contribution in [0.25, 0.3) is 0 Å². The SMILES string of the molecule is COc1ccc(C(C)=O)cc1CC(=O)NCC1CCCNC1. The third-order valence-corrected chi connectivity index (χ3v) is 4.02. The average Bonchev–Trinajstić information content (AvgIpc) is 2.53. The van der Waals surface area contributed by atoms with Crippen LogP contribution in [0.15, 0.2) is 18.2 Å². The molecule has 5 heteroatoms. The minimum absolute atomic E-state index is 0.0161. The van der Waals surface area contributed by atoms with Gasteiger partial charge in [0.25, 0.3) is 0 Å². The van der Waals surface area contributed by atoms with Gasteiger partial charge < -0.3 is 15.4 Å². The van der Waals surface area contributed by atoms with Crippen LogP contribution in [0.2, 0.25) is 0 Å². The minimum Gasteiger partial charge on any atom is -0.496 e. The predicted octanol–water partition coefficient (Wildman–Crippen LogP) is 1.56. The highest BCUT2D eigenvalue weighted by Crippen LogP contribution is 2.21. The van der Waals surface area contributed by atoms with Crippen molar-refractivity contribution in [1.29, 1.82) is 0 Å². The molecule has 5 nitrogen and oxygen atoms in total. The van der Waals surface area contributed by atoms with Gasteiger partial charge in [0.1, 0.15) is 5.75 Å². The van der Waals surface area contributed by atoms with Gasteiger partial charge in [-0.2, -0.15) is 0 Å². The Labute approximate surface area is 131 Å². The first-order chi connectivity index (χ1) is 10.6. The van der Waals surface area contributed by atoms with Crippen molar-refractivity contribution < 1.29 is 14.3 Å². The molecule has 0 radical (unpaired) electrons. The summed E-state index contributed by atoms with van der Waals surface area (Å²) in [7, 11) is 1.57. The van der Waals surface area contributed by atoms with Gasteiger partial charge in [-0.15, -0.1) is 0 Å². The van der Waals surface area contributed by atoms with E-state index in [2.05, 4.69) is 10.6 Å². The Kier molecular flexibility index (Phi) is 5.95. The first-order valence-corrected chi connectivity index (χ1v) is 7.75. The lowest BCUT2D eigenvalue weighted by molar-refractivity contribution is -0.120. The van der Waals surface area contributed by atoms with Crippen molar-refractivity contribution in [2.75, 3.05) is 26.7 Å². The Morgan fingerprint density at radius 1 is 1.41 bits per heavy atom. The van der Waals surface area contributed by atoms with Crippen LogP contribution in [0.4, 0.5) is 0 Å². The summed E-state index contributed by atoms with van der Waals surface area (Å²) >= 11 is 0. The van der Waals surface area contributed by atoms with E-state index in [4.69, 9.17) is 4.74 Å². The number of ether oxygens (including phenoxy) is 1. The molecule has 1 unspecified atom stereocenters. The largest absolute Gasteiger partial charge is 0.496 e. The molecule has 120 valence electrons. The zero-order chi connectivity index (χ0) is 15.9. The van der Waals surface area contributed by atoms with Crippen molar-refractivity contribution in [2.24, 2.45) is 5.92 Å². The lowest BCUT2D eigenvalue weighted by Gasteiger charge is -2.23. The Morgan fingerprint density at radius 2 is 2.23 bits per heavy atom. The quantitative estimate of drug-likeness (QED) is 0.783. The Hall–Kier alpha value is -1.88. The van der Waals surface area contributed by atoms with Gasteiger partial charge in [-0.25, -0.2) is 0 Å². The first kappa shape index (κ1) is 16.5. The Morgan fingerprint density at radius 3 is 2.86 bits per heavy atom. The van der Waals surface area contributed by atoms with Crippen LogP contribution >= 0.6 is 0 Å². The molecule has 1 amide bonds. The first-order valence-electron chi connectivity index (χ1n) is 7.75. The summed E-state index contributed by atoms with van der Waals surface area (Å²) in [5.41, 5.74) is 1.34. The summed E-state index contributed by atoms with van der Waals surface area (Å²) in [4.78, 5) is 23.6. The number of ketones is 1. The summed E-state index contributed by atoms with van der Waals surface area (Å²) < 4.78 is 5.27. The fourth-order valence-electron chi connectivity index (χ4n) is 2.73. The van der Waals surface area contributed by atoms with Crippen LogP contribution in [0.3, 0.4) is 0 Å². The van der Waals surface area contributed by atoms with Crippen LogP contribution < -0.4 is 15.4 Å². The lowest BCUT2D eigenvalue weighted by atomic mass is 9.99. The maximum Gasteiger partial charge on any atom is 0.224 e. The maximum absolute atomic E-state index is 12.1. The average molecular weight is 304 g/mol. The molecule has 2 N–H and O–H groups in total. The normalized spacial score (nSPS) is 17.8. The molecule has 0 spiro atoms. The summed E-state index contributed by atoms with van der Waals surface area (Å²) in [5, 5.41) is 6.32. The molecule has 0 aromatic heterocycles. The highest BCUT2D eigenvalue weighted by Gasteiger charge is 2.15. The van der Waals surface area contributed by atoms with Gasteiger partial charge in [0, 0.05) is 17.7 Å². The second-order valence-electron chi connectivity index (χ2n) is 5.78. The highest BCUT2D eigenvalue weighted by atomic mass is 16.5. The summed E-state index contributed by atoms with van der Waals surface area (Å²) in [6.45, 7) is 4.24. The van der Waals surface area contributed by atoms with Crippen LogP contribution in [-0.2, 0) is 11.2 Å². The number of hydrogen-bond acceptors (Lipinski definition) is 4. The standard InChI is InChI=1S/C17H24N2O3/c1-12(20)14-5-6-16(22-2)15(8-14)9-17(21)19-11-13-4-3-7-18-10-13/h5-6,8,13,18H,3-4,7,9-11H2,1-2H3,(H,19,21). The van der Waals surface area contributed by atoms with E-state index in [9.17, 15) is 9.59 Å². The topological polar surface area (TPSA) is 67.4 Å².